The number of hydrazone groups is 1. The number of hydrogen-bond donors (Lipinski definition) is 0. The summed E-state index contributed by atoms with van der Waals surface area (Å²) in [6, 6.07) is 16.3. The molecule has 0 unspecified atom stereocenters. The monoisotopic (exact) mass is 391 g/mol. The molecule has 2 aromatic rings. The molecule has 1 aliphatic rings. The van der Waals surface area contributed by atoms with E-state index in [2.05, 4.69) is 57.0 Å². The van der Waals surface area contributed by atoms with Crippen molar-refractivity contribution in [1.29, 1.82) is 0 Å². The summed E-state index contributed by atoms with van der Waals surface area (Å²) >= 11 is 9.41. The molecule has 0 aliphatic carbocycles. The number of anilines is 1. The lowest BCUT2D eigenvalue weighted by Crippen LogP contribution is -2.44. The van der Waals surface area contributed by atoms with Crippen molar-refractivity contribution in [1.82, 2.24) is 5.01 Å². The molecule has 3 nitrogen and oxygen atoms in total. The predicted octanol–water partition coefficient (Wildman–Crippen LogP) is 4.65. The molecule has 0 N–H and O–H groups in total. The number of rotatable bonds is 3. The van der Waals surface area contributed by atoms with Gasteiger partial charge >= 0.3 is 0 Å². The van der Waals surface area contributed by atoms with E-state index in [1.54, 1.807) is 0 Å². The van der Waals surface area contributed by atoms with E-state index in [0.717, 1.165) is 46.9 Å². The second-order valence-electron chi connectivity index (χ2n) is 5.61. The maximum atomic E-state index is 5.95. The lowest BCUT2D eigenvalue weighted by Gasteiger charge is -2.35. The molecule has 23 heavy (non-hydrogen) atoms. The SMILES string of the molecule is CC(=NN1CCN(c2ccc(Cl)cc2)CC1)c1ccc(Br)cc1. The highest BCUT2D eigenvalue weighted by Gasteiger charge is 2.16. The highest BCUT2D eigenvalue weighted by molar-refractivity contribution is 9.10. The first-order valence-electron chi connectivity index (χ1n) is 7.68. The number of halogens is 2. The van der Waals surface area contributed by atoms with E-state index >= 15 is 0 Å². The maximum absolute atomic E-state index is 5.95. The van der Waals surface area contributed by atoms with Gasteiger partial charge in [-0.15, -0.1) is 0 Å². The fraction of sp³-hybridized carbons (Fsp3) is 0.278. The van der Waals surface area contributed by atoms with Gasteiger partial charge in [-0.05, 0) is 48.9 Å². The molecule has 0 atom stereocenters. The zero-order valence-electron chi connectivity index (χ0n) is 13.0. The molecule has 120 valence electrons. The van der Waals surface area contributed by atoms with E-state index in [9.17, 15) is 0 Å². The number of hydrogen-bond acceptors (Lipinski definition) is 3. The lowest BCUT2D eigenvalue weighted by molar-refractivity contribution is 0.270. The molecule has 5 heteroatoms. The minimum absolute atomic E-state index is 0.780. The van der Waals surface area contributed by atoms with Crippen molar-refractivity contribution >= 4 is 38.9 Å². The van der Waals surface area contributed by atoms with Gasteiger partial charge in [-0.1, -0.05) is 39.7 Å². The molecule has 2 aromatic carbocycles. The molecule has 0 radical (unpaired) electrons. The summed E-state index contributed by atoms with van der Waals surface area (Å²) < 4.78 is 1.09. The Morgan fingerprint density at radius 2 is 1.57 bits per heavy atom. The van der Waals surface area contributed by atoms with Crippen LogP contribution in [0.5, 0.6) is 0 Å². The Labute approximate surface area is 150 Å². The van der Waals surface area contributed by atoms with Gasteiger partial charge in [-0.25, -0.2) is 0 Å². The average Bonchev–Trinajstić information content (AvgIpc) is 2.57. The molecule has 0 aromatic heterocycles. The van der Waals surface area contributed by atoms with Gasteiger partial charge in [0.2, 0.25) is 0 Å². The van der Waals surface area contributed by atoms with Crippen LogP contribution in [-0.2, 0) is 0 Å². The van der Waals surface area contributed by atoms with Crippen molar-refractivity contribution in [3.63, 3.8) is 0 Å². The van der Waals surface area contributed by atoms with Crippen LogP contribution in [0.4, 0.5) is 5.69 Å². The minimum atomic E-state index is 0.780. The fourth-order valence-electron chi connectivity index (χ4n) is 2.67. The van der Waals surface area contributed by atoms with E-state index in [-0.39, 0.29) is 0 Å². The van der Waals surface area contributed by atoms with E-state index < -0.39 is 0 Å². The minimum Gasteiger partial charge on any atom is -0.368 e. The third kappa shape index (κ3) is 4.27. The van der Waals surface area contributed by atoms with Gasteiger partial charge in [-0.3, -0.25) is 5.01 Å². The van der Waals surface area contributed by atoms with E-state index in [0.29, 0.717) is 0 Å². The quantitative estimate of drug-likeness (QED) is 0.708. The third-order valence-corrected chi connectivity index (χ3v) is 4.78. The van der Waals surface area contributed by atoms with Crippen LogP contribution in [0.1, 0.15) is 12.5 Å². The molecule has 0 amide bonds. The predicted molar refractivity (Wildman–Crippen MR) is 102 cm³/mol. The molecule has 0 bridgehead atoms. The van der Waals surface area contributed by atoms with Crippen LogP contribution in [0.15, 0.2) is 58.1 Å². The van der Waals surface area contributed by atoms with Gasteiger partial charge in [0, 0.05) is 28.3 Å². The smallest absolute Gasteiger partial charge is 0.0646 e. The number of benzene rings is 2. The molecule has 1 heterocycles. The summed E-state index contributed by atoms with van der Waals surface area (Å²) in [6.07, 6.45) is 0. The Morgan fingerprint density at radius 1 is 0.957 bits per heavy atom. The van der Waals surface area contributed by atoms with Crippen molar-refractivity contribution in [3.8, 4) is 0 Å². The Balaban J connectivity index is 1.61. The van der Waals surface area contributed by atoms with E-state index in [1.807, 2.05) is 24.3 Å². The molecular weight excluding hydrogens is 374 g/mol. The Bertz CT molecular complexity index is 674. The topological polar surface area (TPSA) is 18.8 Å². The van der Waals surface area contributed by atoms with Crippen LogP contribution >= 0.6 is 27.5 Å². The third-order valence-electron chi connectivity index (χ3n) is 4.00. The van der Waals surface area contributed by atoms with Gasteiger partial charge in [0.25, 0.3) is 0 Å². The first-order chi connectivity index (χ1) is 11.1. The van der Waals surface area contributed by atoms with Gasteiger partial charge in [0.1, 0.15) is 0 Å². The fourth-order valence-corrected chi connectivity index (χ4v) is 3.06. The van der Waals surface area contributed by atoms with Crippen LogP contribution in [0, 0.1) is 0 Å². The van der Waals surface area contributed by atoms with E-state index in [1.165, 1.54) is 5.69 Å². The second-order valence-corrected chi connectivity index (χ2v) is 6.96. The largest absolute Gasteiger partial charge is 0.368 e. The molecule has 0 spiro atoms. The zero-order valence-corrected chi connectivity index (χ0v) is 15.4. The van der Waals surface area contributed by atoms with Crippen molar-refractivity contribution in [2.75, 3.05) is 31.1 Å². The lowest BCUT2D eigenvalue weighted by atomic mass is 10.1. The summed E-state index contributed by atoms with van der Waals surface area (Å²) in [5.41, 5.74) is 3.44. The molecular formula is C18H19BrClN3. The molecule has 1 saturated heterocycles. The van der Waals surface area contributed by atoms with Crippen LogP contribution in [0.25, 0.3) is 0 Å². The van der Waals surface area contributed by atoms with Gasteiger partial charge < -0.3 is 4.90 Å². The Morgan fingerprint density at radius 3 is 2.17 bits per heavy atom. The Kier molecular flexibility index (Phi) is 5.23. The van der Waals surface area contributed by atoms with Gasteiger partial charge in [0.15, 0.2) is 0 Å². The highest BCUT2D eigenvalue weighted by Crippen LogP contribution is 2.19. The van der Waals surface area contributed by atoms with Crippen molar-refractivity contribution in [2.45, 2.75) is 6.92 Å². The molecule has 1 fully saturated rings. The first kappa shape index (κ1) is 16.3. The highest BCUT2D eigenvalue weighted by atomic mass is 79.9. The normalized spacial score (nSPS) is 15.9. The maximum Gasteiger partial charge on any atom is 0.0646 e. The molecule has 1 aliphatic heterocycles. The summed E-state index contributed by atoms with van der Waals surface area (Å²) in [6.45, 7) is 5.86. The summed E-state index contributed by atoms with van der Waals surface area (Å²) in [5, 5.41) is 7.70. The van der Waals surface area contributed by atoms with Crippen molar-refractivity contribution in [2.24, 2.45) is 5.10 Å². The standard InChI is InChI=1S/C18H19BrClN3/c1-14(15-2-4-16(19)5-3-15)21-23-12-10-22(11-13-23)18-8-6-17(20)7-9-18/h2-9H,10-13H2,1H3. The molecule has 0 saturated carbocycles. The number of nitrogens with zero attached hydrogens (tertiary/aromatic N) is 3. The van der Waals surface area contributed by atoms with Crippen LogP contribution in [0.3, 0.4) is 0 Å². The zero-order chi connectivity index (χ0) is 16.2. The van der Waals surface area contributed by atoms with Gasteiger partial charge in [0.05, 0.1) is 18.8 Å². The van der Waals surface area contributed by atoms with Crippen molar-refractivity contribution < 1.29 is 0 Å². The van der Waals surface area contributed by atoms with E-state index in [4.69, 9.17) is 16.7 Å². The number of piperazine rings is 1. The van der Waals surface area contributed by atoms with Crippen LogP contribution in [-0.4, -0.2) is 36.9 Å². The summed E-state index contributed by atoms with van der Waals surface area (Å²) in [4.78, 5) is 2.37. The summed E-state index contributed by atoms with van der Waals surface area (Å²) in [7, 11) is 0. The van der Waals surface area contributed by atoms with Crippen LogP contribution < -0.4 is 4.90 Å². The Hall–Kier alpha value is -1.52. The average molecular weight is 393 g/mol. The second kappa shape index (κ2) is 7.37. The molecule has 3 rings (SSSR count). The first-order valence-corrected chi connectivity index (χ1v) is 8.85. The van der Waals surface area contributed by atoms with Crippen molar-refractivity contribution in [3.05, 3.63) is 63.6 Å². The summed E-state index contributed by atoms with van der Waals surface area (Å²) in [5.74, 6) is 0. The van der Waals surface area contributed by atoms with Crippen LogP contribution in [0.2, 0.25) is 5.02 Å². The van der Waals surface area contributed by atoms with Gasteiger partial charge in [-0.2, -0.15) is 5.10 Å².